The minimum absolute atomic E-state index is 0.0192. The third-order valence-corrected chi connectivity index (χ3v) is 5.69. The molecule has 4 aromatic rings. The van der Waals surface area contributed by atoms with E-state index in [1.807, 2.05) is 25.1 Å². The fourth-order valence-corrected chi connectivity index (χ4v) is 3.95. The molecule has 8 heteroatoms. The number of aromatic nitrogens is 1. The number of benzene rings is 3. The summed E-state index contributed by atoms with van der Waals surface area (Å²) < 4.78 is 38.6. The second kappa shape index (κ2) is 9.05. The van der Waals surface area contributed by atoms with Gasteiger partial charge in [-0.3, -0.25) is 9.59 Å². The molecule has 0 fully saturated rings. The zero-order valence-electron chi connectivity index (χ0n) is 18.5. The third-order valence-electron chi connectivity index (χ3n) is 5.69. The molecule has 0 spiro atoms. The summed E-state index contributed by atoms with van der Waals surface area (Å²) in [7, 11) is 1.57. The molecule has 34 heavy (non-hydrogen) atoms. The van der Waals surface area contributed by atoms with Crippen LogP contribution >= 0.6 is 0 Å². The summed E-state index contributed by atoms with van der Waals surface area (Å²) in [6.07, 6.45) is -4.43. The Morgan fingerprint density at radius 1 is 0.941 bits per heavy atom. The maximum atomic E-state index is 12.9. The Bertz CT molecular complexity index is 1370. The number of nitrogens with one attached hydrogen (secondary N) is 3. The molecular formula is C26H22F3N3O2. The number of hydrogen-bond donors (Lipinski definition) is 3. The molecule has 0 radical (unpaired) electrons. The van der Waals surface area contributed by atoms with Gasteiger partial charge in [0, 0.05) is 30.1 Å². The van der Waals surface area contributed by atoms with Crippen LogP contribution in [0.4, 0.5) is 13.2 Å². The number of rotatable bonds is 5. The lowest BCUT2D eigenvalue weighted by Gasteiger charge is -2.10. The van der Waals surface area contributed by atoms with E-state index < -0.39 is 11.7 Å². The number of aromatic amines is 1. The van der Waals surface area contributed by atoms with Gasteiger partial charge in [-0.15, -0.1) is 0 Å². The SMILES string of the molecule is CNC(=O)c1[nH]c2cccc(-c3ccc(C(=O)NCc4cccc(C(F)(F)F)c4)cc3)c2c1C. The van der Waals surface area contributed by atoms with Gasteiger partial charge in [-0.25, -0.2) is 0 Å². The quantitative estimate of drug-likeness (QED) is 0.367. The highest BCUT2D eigenvalue weighted by Crippen LogP contribution is 2.33. The fourth-order valence-electron chi connectivity index (χ4n) is 3.95. The monoisotopic (exact) mass is 465 g/mol. The van der Waals surface area contributed by atoms with Gasteiger partial charge in [-0.05, 0) is 59.5 Å². The average molecular weight is 465 g/mol. The van der Waals surface area contributed by atoms with Crippen molar-refractivity contribution in [2.24, 2.45) is 0 Å². The van der Waals surface area contributed by atoms with Crippen LogP contribution in [0.5, 0.6) is 0 Å². The number of H-pyrrole nitrogens is 1. The van der Waals surface area contributed by atoms with E-state index in [9.17, 15) is 22.8 Å². The first-order chi connectivity index (χ1) is 16.2. The second-order valence-electron chi connectivity index (χ2n) is 7.89. The van der Waals surface area contributed by atoms with Crippen LogP contribution in [0.25, 0.3) is 22.0 Å². The first kappa shape index (κ1) is 23.1. The molecule has 3 N–H and O–H groups in total. The maximum Gasteiger partial charge on any atom is 0.416 e. The smallest absolute Gasteiger partial charge is 0.354 e. The van der Waals surface area contributed by atoms with Crippen LogP contribution in [0.2, 0.25) is 0 Å². The number of carbonyl (C=O) groups is 2. The van der Waals surface area contributed by atoms with Crippen LogP contribution in [0.3, 0.4) is 0 Å². The van der Waals surface area contributed by atoms with Gasteiger partial charge in [0.25, 0.3) is 11.8 Å². The summed E-state index contributed by atoms with van der Waals surface area (Å²) in [5, 5.41) is 6.20. The van der Waals surface area contributed by atoms with E-state index in [1.165, 1.54) is 12.1 Å². The summed E-state index contributed by atoms with van der Waals surface area (Å²) in [5.74, 6) is -0.589. The van der Waals surface area contributed by atoms with Gasteiger partial charge >= 0.3 is 6.18 Å². The van der Waals surface area contributed by atoms with Gasteiger partial charge in [-0.2, -0.15) is 13.2 Å². The highest BCUT2D eigenvalue weighted by Gasteiger charge is 2.30. The highest BCUT2D eigenvalue weighted by atomic mass is 19.4. The molecule has 1 heterocycles. The van der Waals surface area contributed by atoms with Crippen LogP contribution in [0.15, 0.2) is 66.7 Å². The average Bonchev–Trinajstić information content (AvgIpc) is 3.18. The summed E-state index contributed by atoms with van der Waals surface area (Å²) >= 11 is 0. The van der Waals surface area contributed by atoms with E-state index in [2.05, 4.69) is 15.6 Å². The number of carbonyl (C=O) groups excluding carboxylic acids is 2. The Kier molecular flexibility index (Phi) is 6.15. The Morgan fingerprint density at radius 2 is 1.65 bits per heavy atom. The van der Waals surface area contributed by atoms with Crippen LogP contribution < -0.4 is 10.6 Å². The highest BCUT2D eigenvalue weighted by molar-refractivity contribution is 6.06. The van der Waals surface area contributed by atoms with Crippen molar-refractivity contribution in [1.29, 1.82) is 0 Å². The molecule has 0 aliphatic heterocycles. The van der Waals surface area contributed by atoms with Gasteiger partial charge in [0.05, 0.1) is 5.56 Å². The number of amides is 2. The summed E-state index contributed by atoms with van der Waals surface area (Å²) in [6.45, 7) is 1.86. The Labute approximate surface area is 194 Å². The van der Waals surface area contributed by atoms with Crippen molar-refractivity contribution in [3.8, 4) is 11.1 Å². The topological polar surface area (TPSA) is 74.0 Å². The van der Waals surface area contributed by atoms with Gasteiger partial charge in [-0.1, -0.05) is 36.4 Å². The van der Waals surface area contributed by atoms with Crippen molar-refractivity contribution in [3.05, 3.63) is 94.7 Å². The number of fused-ring (bicyclic) bond motifs is 1. The summed E-state index contributed by atoms with van der Waals surface area (Å²) in [4.78, 5) is 27.9. The van der Waals surface area contributed by atoms with E-state index >= 15 is 0 Å². The number of alkyl halides is 3. The second-order valence-corrected chi connectivity index (χ2v) is 7.89. The first-order valence-corrected chi connectivity index (χ1v) is 10.6. The number of aryl methyl sites for hydroxylation is 1. The molecule has 3 aromatic carbocycles. The zero-order chi connectivity index (χ0) is 24.5. The summed E-state index contributed by atoms with van der Waals surface area (Å²) in [6, 6.07) is 17.5. The molecular weight excluding hydrogens is 443 g/mol. The predicted molar refractivity (Wildman–Crippen MR) is 124 cm³/mol. The van der Waals surface area contributed by atoms with Crippen molar-refractivity contribution < 1.29 is 22.8 Å². The lowest BCUT2D eigenvalue weighted by Crippen LogP contribution is -2.23. The molecule has 0 aliphatic carbocycles. The van der Waals surface area contributed by atoms with E-state index in [1.54, 1.807) is 31.3 Å². The molecule has 174 valence electrons. The minimum atomic E-state index is -4.43. The van der Waals surface area contributed by atoms with Crippen molar-refractivity contribution in [2.45, 2.75) is 19.6 Å². The molecule has 1 aromatic heterocycles. The standard InChI is InChI=1S/C26H22F3N3O2/c1-15-22-20(7-4-8-21(22)32-23(15)25(34)30-2)17-9-11-18(12-10-17)24(33)31-14-16-5-3-6-19(13-16)26(27,28)29/h3-13,32H,14H2,1-2H3,(H,30,34)(H,31,33). The van der Waals surface area contributed by atoms with Gasteiger partial charge in [0.15, 0.2) is 0 Å². The molecule has 5 nitrogen and oxygen atoms in total. The fraction of sp³-hybridized carbons (Fsp3) is 0.154. The zero-order valence-corrected chi connectivity index (χ0v) is 18.5. The molecule has 0 aliphatic rings. The largest absolute Gasteiger partial charge is 0.416 e. The van der Waals surface area contributed by atoms with E-state index in [4.69, 9.17) is 0 Å². The van der Waals surface area contributed by atoms with Gasteiger partial charge in [0.1, 0.15) is 5.69 Å². The van der Waals surface area contributed by atoms with Crippen LogP contribution in [-0.4, -0.2) is 23.8 Å². The Balaban J connectivity index is 1.54. The lowest BCUT2D eigenvalue weighted by molar-refractivity contribution is -0.137. The molecule has 4 rings (SSSR count). The molecule has 0 saturated heterocycles. The van der Waals surface area contributed by atoms with Crippen LogP contribution in [0.1, 0.15) is 37.5 Å². The van der Waals surface area contributed by atoms with Crippen molar-refractivity contribution >= 4 is 22.7 Å². The van der Waals surface area contributed by atoms with E-state index in [0.717, 1.165) is 39.7 Å². The van der Waals surface area contributed by atoms with Crippen LogP contribution in [-0.2, 0) is 12.7 Å². The molecule has 0 bridgehead atoms. The van der Waals surface area contributed by atoms with Crippen molar-refractivity contribution in [3.63, 3.8) is 0 Å². The summed E-state index contributed by atoms with van der Waals surface area (Å²) in [5.41, 5.74) is 3.93. The van der Waals surface area contributed by atoms with E-state index in [-0.39, 0.29) is 18.4 Å². The van der Waals surface area contributed by atoms with Crippen molar-refractivity contribution in [2.75, 3.05) is 7.05 Å². The molecule has 0 atom stereocenters. The predicted octanol–water partition coefficient (Wildman–Crippen LogP) is 5.45. The minimum Gasteiger partial charge on any atom is -0.354 e. The van der Waals surface area contributed by atoms with Crippen LogP contribution in [0, 0.1) is 6.92 Å². The normalized spacial score (nSPS) is 11.4. The van der Waals surface area contributed by atoms with Gasteiger partial charge in [0.2, 0.25) is 0 Å². The number of halogens is 3. The third kappa shape index (κ3) is 4.52. The Morgan fingerprint density at radius 3 is 2.32 bits per heavy atom. The van der Waals surface area contributed by atoms with E-state index in [0.29, 0.717) is 16.8 Å². The number of hydrogen-bond acceptors (Lipinski definition) is 2. The molecule has 0 saturated carbocycles. The Hall–Kier alpha value is -4.07. The lowest BCUT2D eigenvalue weighted by atomic mass is 9.98. The first-order valence-electron chi connectivity index (χ1n) is 10.6. The van der Waals surface area contributed by atoms with Gasteiger partial charge < -0.3 is 15.6 Å². The van der Waals surface area contributed by atoms with Crippen molar-refractivity contribution in [1.82, 2.24) is 15.6 Å². The molecule has 0 unspecified atom stereocenters. The molecule has 2 amide bonds. The maximum absolute atomic E-state index is 12.9.